The van der Waals surface area contributed by atoms with Crippen molar-refractivity contribution < 1.29 is 14.1 Å². The van der Waals surface area contributed by atoms with Gasteiger partial charge < -0.3 is 9.84 Å². The molecule has 0 atom stereocenters. The van der Waals surface area contributed by atoms with Gasteiger partial charge in [0.05, 0.1) is 0 Å². The average Bonchev–Trinajstić information content (AvgIpc) is 3.52. The molecule has 1 N–H and O–H groups in total. The molecule has 0 bridgehead atoms. The Balaban J connectivity index is 1.53. The van der Waals surface area contributed by atoms with Gasteiger partial charge in [-0.1, -0.05) is 64.9 Å². The highest BCUT2D eigenvalue weighted by Crippen LogP contribution is 2.33. The molecule has 1 aliphatic rings. The first-order chi connectivity index (χ1) is 16.4. The number of pyridine rings is 1. The maximum atomic E-state index is 12.8. The second-order valence-corrected chi connectivity index (χ2v) is 11.4. The minimum atomic E-state index is -0.297. The lowest BCUT2D eigenvalue weighted by Gasteiger charge is -2.24. The largest absolute Gasteiger partial charge is 0.338 e. The predicted molar refractivity (Wildman–Crippen MR) is 135 cm³/mol. The summed E-state index contributed by atoms with van der Waals surface area (Å²) in [5.74, 6) is 1.22. The zero-order chi connectivity index (χ0) is 25.4. The van der Waals surface area contributed by atoms with Gasteiger partial charge >= 0.3 is 0 Å². The minimum Gasteiger partial charge on any atom is -0.338 e. The molecule has 1 saturated carbocycles. The topological polar surface area (TPSA) is 98.0 Å². The summed E-state index contributed by atoms with van der Waals surface area (Å²) in [5.41, 5.74) is 3.91. The van der Waals surface area contributed by atoms with E-state index in [-0.39, 0.29) is 34.3 Å². The van der Waals surface area contributed by atoms with Gasteiger partial charge in [-0.3, -0.25) is 9.59 Å². The van der Waals surface area contributed by atoms with Gasteiger partial charge in [0.2, 0.25) is 23.4 Å². The molecule has 1 amide bonds. The van der Waals surface area contributed by atoms with E-state index in [4.69, 9.17) is 4.52 Å². The SMILES string of the molecule is CC(C)(C)c1nc(C(=O)CCc2ccc(-c3ccnc(NC(=O)C4CC4)c3)cc2C(C)(C)C)no1. The van der Waals surface area contributed by atoms with Crippen LogP contribution in [0.2, 0.25) is 0 Å². The molecule has 7 nitrogen and oxygen atoms in total. The van der Waals surface area contributed by atoms with E-state index in [1.54, 1.807) is 6.20 Å². The molecule has 0 radical (unpaired) electrons. The fourth-order valence-electron chi connectivity index (χ4n) is 3.93. The highest BCUT2D eigenvalue weighted by atomic mass is 16.5. The smallest absolute Gasteiger partial charge is 0.238 e. The Morgan fingerprint density at radius 2 is 1.71 bits per heavy atom. The number of hydrogen-bond donors (Lipinski definition) is 1. The van der Waals surface area contributed by atoms with Crippen LogP contribution in [-0.2, 0) is 22.0 Å². The predicted octanol–water partition coefficient (Wildman–Crippen LogP) is 5.89. The molecule has 7 heteroatoms. The molecule has 2 heterocycles. The molecule has 35 heavy (non-hydrogen) atoms. The van der Waals surface area contributed by atoms with Gasteiger partial charge in [-0.15, -0.1) is 0 Å². The number of aryl methyl sites for hydroxylation is 1. The van der Waals surface area contributed by atoms with Crippen molar-refractivity contribution in [1.82, 2.24) is 15.1 Å². The Labute approximate surface area is 206 Å². The summed E-state index contributed by atoms with van der Waals surface area (Å²) in [7, 11) is 0. The highest BCUT2D eigenvalue weighted by Gasteiger charge is 2.30. The minimum absolute atomic E-state index is 0.0428. The number of carbonyl (C=O) groups excluding carboxylic acids is 2. The summed E-state index contributed by atoms with van der Waals surface area (Å²) in [4.78, 5) is 33.5. The van der Waals surface area contributed by atoms with Gasteiger partial charge in [0.1, 0.15) is 5.82 Å². The molecule has 1 fully saturated rings. The fourth-order valence-corrected chi connectivity index (χ4v) is 3.93. The zero-order valence-electron chi connectivity index (χ0n) is 21.4. The Bertz CT molecular complexity index is 1240. The Kier molecular flexibility index (Phi) is 6.62. The molecule has 0 unspecified atom stereocenters. The number of carbonyl (C=O) groups is 2. The molecule has 184 valence electrons. The summed E-state index contributed by atoms with van der Waals surface area (Å²) >= 11 is 0. The highest BCUT2D eigenvalue weighted by molar-refractivity contribution is 5.94. The van der Waals surface area contributed by atoms with Crippen LogP contribution in [0.1, 0.15) is 88.4 Å². The molecular formula is C28H34N4O3. The molecule has 4 rings (SSSR count). The number of aromatic nitrogens is 3. The Hall–Kier alpha value is -3.35. The quantitative estimate of drug-likeness (QED) is 0.429. The lowest BCUT2D eigenvalue weighted by atomic mass is 9.81. The van der Waals surface area contributed by atoms with Crippen molar-refractivity contribution in [2.75, 3.05) is 5.32 Å². The number of rotatable bonds is 7. The van der Waals surface area contributed by atoms with Crippen LogP contribution < -0.4 is 5.32 Å². The number of hydrogen-bond acceptors (Lipinski definition) is 6. The van der Waals surface area contributed by atoms with E-state index >= 15 is 0 Å². The van der Waals surface area contributed by atoms with E-state index < -0.39 is 0 Å². The van der Waals surface area contributed by atoms with Crippen molar-refractivity contribution in [3.8, 4) is 11.1 Å². The molecule has 2 aromatic heterocycles. The van der Waals surface area contributed by atoms with Crippen LogP contribution >= 0.6 is 0 Å². The number of anilines is 1. The number of ketones is 1. The van der Waals surface area contributed by atoms with Crippen LogP contribution in [0, 0.1) is 5.92 Å². The molecule has 0 spiro atoms. The standard InChI is InChI=1S/C28H34N4O3/c1-27(2,3)21-15-19(20-13-14-29-23(16-20)30-25(34)18-8-9-18)10-7-17(21)11-12-22(33)24-31-26(35-32-24)28(4,5)6/h7,10,13-16,18H,8-9,11-12H2,1-6H3,(H,29,30,34). The molecule has 0 aliphatic heterocycles. The first kappa shape index (κ1) is 24.8. The van der Waals surface area contributed by atoms with E-state index in [0.29, 0.717) is 24.6 Å². The van der Waals surface area contributed by atoms with Crippen molar-refractivity contribution in [3.63, 3.8) is 0 Å². The van der Waals surface area contributed by atoms with E-state index in [1.165, 1.54) is 5.56 Å². The van der Waals surface area contributed by atoms with Gasteiger partial charge in [-0.05, 0) is 59.1 Å². The number of nitrogens with zero attached hydrogens (tertiary/aromatic N) is 3. The molecule has 3 aromatic rings. The van der Waals surface area contributed by atoms with E-state index in [0.717, 1.165) is 29.5 Å². The lowest BCUT2D eigenvalue weighted by Crippen LogP contribution is -2.16. The third-order valence-electron chi connectivity index (χ3n) is 6.15. The summed E-state index contributed by atoms with van der Waals surface area (Å²) in [5, 5.41) is 6.81. The fraction of sp³-hybridized carbons (Fsp3) is 0.464. The van der Waals surface area contributed by atoms with Crippen molar-refractivity contribution >= 4 is 17.5 Å². The van der Waals surface area contributed by atoms with Crippen LogP contribution in [0.5, 0.6) is 0 Å². The second-order valence-electron chi connectivity index (χ2n) is 11.4. The summed E-state index contributed by atoms with van der Waals surface area (Å²) in [6.45, 7) is 12.4. The van der Waals surface area contributed by atoms with Crippen LogP contribution in [-0.4, -0.2) is 26.8 Å². The van der Waals surface area contributed by atoms with Crippen molar-refractivity contribution in [1.29, 1.82) is 0 Å². The number of benzene rings is 1. The van der Waals surface area contributed by atoms with E-state index in [2.05, 4.69) is 59.4 Å². The Morgan fingerprint density at radius 3 is 2.34 bits per heavy atom. The normalized spacial score (nSPS) is 14.1. The van der Waals surface area contributed by atoms with Crippen LogP contribution in [0.4, 0.5) is 5.82 Å². The number of amides is 1. The zero-order valence-corrected chi connectivity index (χ0v) is 21.4. The molecule has 1 aromatic carbocycles. The van der Waals surface area contributed by atoms with Crippen molar-refractivity contribution in [2.24, 2.45) is 5.92 Å². The van der Waals surface area contributed by atoms with Crippen LogP contribution in [0.25, 0.3) is 11.1 Å². The van der Waals surface area contributed by atoms with Gasteiger partial charge in [-0.2, -0.15) is 4.98 Å². The monoisotopic (exact) mass is 474 g/mol. The molecular weight excluding hydrogens is 440 g/mol. The molecule has 1 aliphatic carbocycles. The van der Waals surface area contributed by atoms with E-state index in [1.807, 2.05) is 32.9 Å². The summed E-state index contributed by atoms with van der Waals surface area (Å²) in [6, 6.07) is 10.2. The first-order valence-electron chi connectivity index (χ1n) is 12.2. The van der Waals surface area contributed by atoms with Gasteiger partial charge in [0.15, 0.2) is 0 Å². The van der Waals surface area contributed by atoms with Crippen molar-refractivity contribution in [2.45, 2.75) is 78.1 Å². The van der Waals surface area contributed by atoms with Crippen LogP contribution in [0.15, 0.2) is 41.1 Å². The maximum absolute atomic E-state index is 12.8. The van der Waals surface area contributed by atoms with E-state index in [9.17, 15) is 9.59 Å². The average molecular weight is 475 g/mol. The summed E-state index contributed by atoms with van der Waals surface area (Å²) < 4.78 is 5.28. The van der Waals surface area contributed by atoms with Gasteiger partial charge in [0.25, 0.3) is 0 Å². The second kappa shape index (κ2) is 9.36. The third kappa shape index (κ3) is 6.02. The first-order valence-corrected chi connectivity index (χ1v) is 12.2. The summed E-state index contributed by atoms with van der Waals surface area (Å²) in [6.07, 6.45) is 4.52. The van der Waals surface area contributed by atoms with Gasteiger partial charge in [0, 0.05) is 24.0 Å². The lowest BCUT2D eigenvalue weighted by molar-refractivity contribution is -0.117. The van der Waals surface area contributed by atoms with Crippen LogP contribution in [0.3, 0.4) is 0 Å². The number of Topliss-reactive ketones (excluding diaryl/α,β-unsaturated/α-hetero) is 1. The third-order valence-corrected chi connectivity index (χ3v) is 6.15. The molecule has 0 saturated heterocycles. The van der Waals surface area contributed by atoms with Gasteiger partial charge in [-0.25, -0.2) is 4.98 Å². The maximum Gasteiger partial charge on any atom is 0.238 e. The Morgan fingerprint density at radius 1 is 1.00 bits per heavy atom. The van der Waals surface area contributed by atoms with Crippen molar-refractivity contribution in [3.05, 3.63) is 59.4 Å². The number of nitrogens with one attached hydrogen (secondary N) is 1.